The van der Waals surface area contributed by atoms with Crippen molar-refractivity contribution in [1.29, 1.82) is 0 Å². The summed E-state index contributed by atoms with van der Waals surface area (Å²) < 4.78 is 13.3. The lowest BCUT2D eigenvalue weighted by atomic mass is 10.2. The maximum atomic E-state index is 13.3. The van der Waals surface area contributed by atoms with Crippen molar-refractivity contribution in [2.45, 2.75) is 6.42 Å². The molecule has 33 heavy (non-hydrogen) atoms. The van der Waals surface area contributed by atoms with Crippen molar-refractivity contribution in [2.24, 2.45) is 0 Å². The standard InChI is InChI=1S/C23H22FN5O4/c24-17-7-11-20(12-8-17)28(23(31)27-19-9-13-21(14-10-19)29(32)33)16-4-15-25-22(30)26-18-5-2-1-3-6-18/h1-3,5-14H,4,15-16H2,(H,27,31)(H2,25,26,30). The number of rotatable bonds is 8. The molecule has 0 fully saturated rings. The van der Waals surface area contributed by atoms with E-state index in [4.69, 9.17) is 0 Å². The molecule has 0 aromatic heterocycles. The molecule has 0 atom stereocenters. The van der Waals surface area contributed by atoms with Crippen LogP contribution in [0.3, 0.4) is 0 Å². The van der Waals surface area contributed by atoms with Crippen LogP contribution in [-0.2, 0) is 0 Å². The van der Waals surface area contributed by atoms with Gasteiger partial charge in [0.15, 0.2) is 0 Å². The van der Waals surface area contributed by atoms with E-state index in [0.29, 0.717) is 30.0 Å². The van der Waals surface area contributed by atoms with Gasteiger partial charge in [0.25, 0.3) is 5.69 Å². The number of nitrogens with zero attached hydrogens (tertiary/aromatic N) is 2. The van der Waals surface area contributed by atoms with E-state index in [1.807, 2.05) is 6.07 Å². The Labute approximate surface area is 189 Å². The maximum absolute atomic E-state index is 13.3. The number of hydrogen-bond acceptors (Lipinski definition) is 4. The maximum Gasteiger partial charge on any atom is 0.326 e. The fourth-order valence-corrected chi connectivity index (χ4v) is 2.96. The zero-order valence-corrected chi connectivity index (χ0v) is 17.5. The third kappa shape index (κ3) is 7.03. The third-order valence-electron chi connectivity index (χ3n) is 4.59. The Morgan fingerprint density at radius 1 is 0.879 bits per heavy atom. The van der Waals surface area contributed by atoms with E-state index < -0.39 is 16.8 Å². The summed E-state index contributed by atoms with van der Waals surface area (Å²) in [7, 11) is 0. The minimum absolute atomic E-state index is 0.0942. The van der Waals surface area contributed by atoms with E-state index in [1.165, 1.54) is 53.4 Å². The zero-order chi connectivity index (χ0) is 23.6. The summed E-state index contributed by atoms with van der Waals surface area (Å²) in [5.41, 5.74) is 1.40. The summed E-state index contributed by atoms with van der Waals surface area (Å²) >= 11 is 0. The van der Waals surface area contributed by atoms with E-state index in [0.717, 1.165) is 0 Å². The van der Waals surface area contributed by atoms with Gasteiger partial charge in [-0.05, 0) is 55.0 Å². The molecule has 0 aliphatic heterocycles. The highest BCUT2D eigenvalue weighted by Gasteiger charge is 2.17. The molecule has 0 aliphatic carbocycles. The number of amides is 4. The van der Waals surface area contributed by atoms with Gasteiger partial charge in [0.05, 0.1) is 4.92 Å². The predicted molar refractivity (Wildman–Crippen MR) is 124 cm³/mol. The lowest BCUT2D eigenvalue weighted by Crippen LogP contribution is -2.38. The second kappa shape index (κ2) is 11.2. The first-order chi connectivity index (χ1) is 15.9. The van der Waals surface area contributed by atoms with Crippen molar-refractivity contribution in [3.05, 3.63) is 94.8 Å². The van der Waals surface area contributed by atoms with E-state index in [-0.39, 0.29) is 18.3 Å². The van der Waals surface area contributed by atoms with Crippen molar-refractivity contribution < 1.29 is 18.9 Å². The van der Waals surface area contributed by atoms with Crippen molar-refractivity contribution in [2.75, 3.05) is 28.6 Å². The molecule has 0 heterocycles. The van der Waals surface area contributed by atoms with Crippen LogP contribution in [0.2, 0.25) is 0 Å². The summed E-state index contributed by atoms with van der Waals surface area (Å²) in [5, 5.41) is 18.9. The van der Waals surface area contributed by atoms with Gasteiger partial charge in [-0.1, -0.05) is 18.2 Å². The molecule has 0 bridgehead atoms. The first-order valence-electron chi connectivity index (χ1n) is 10.1. The number of carbonyl (C=O) groups is 2. The van der Waals surface area contributed by atoms with E-state index in [9.17, 15) is 24.1 Å². The Balaban J connectivity index is 1.59. The fraction of sp³-hybridized carbons (Fsp3) is 0.130. The quantitative estimate of drug-likeness (QED) is 0.254. The molecular weight excluding hydrogens is 429 g/mol. The Morgan fingerprint density at radius 2 is 1.52 bits per heavy atom. The van der Waals surface area contributed by atoms with Gasteiger partial charge < -0.3 is 16.0 Å². The van der Waals surface area contributed by atoms with Crippen LogP contribution in [0.1, 0.15) is 6.42 Å². The van der Waals surface area contributed by atoms with Crippen molar-refractivity contribution in [3.8, 4) is 0 Å². The van der Waals surface area contributed by atoms with Gasteiger partial charge in [-0.2, -0.15) is 0 Å². The smallest absolute Gasteiger partial charge is 0.326 e. The Hall–Kier alpha value is -4.47. The summed E-state index contributed by atoms with van der Waals surface area (Å²) in [4.78, 5) is 36.6. The molecule has 3 rings (SSSR count). The zero-order valence-electron chi connectivity index (χ0n) is 17.5. The molecule has 10 heteroatoms. The number of hydrogen-bond donors (Lipinski definition) is 3. The first-order valence-corrected chi connectivity index (χ1v) is 10.1. The molecular formula is C23H22FN5O4. The van der Waals surface area contributed by atoms with Gasteiger partial charge in [0.1, 0.15) is 5.82 Å². The van der Waals surface area contributed by atoms with E-state index >= 15 is 0 Å². The lowest BCUT2D eigenvalue weighted by molar-refractivity contribution is -0.384. The number of nitro benzene ring substituents is 1. The lowest BCUT2D eigenvalue weighted by Gasteiger charge is -2.23. The highest BCUT2D eigenvalue weighted by molar-refractivity contribution is 6.01. The largest absolute Gasteiger partial charge is 0.338 e. The normalized spacial score (nSPS) is 10.2. The first kappa shape index (κ1) is 23.2. The number of carbonyl (C=O) groups excluding carboxylic acids is 2. The molecule has 3 aromatic rings. The second-order valence-corrected chi connectivity index (χ2v) is 6.96. The van der Waals surface area contributed by atoms with Crippen LogP contribution in [0.4, 0.5) is 36.7 Å². The monoisotopic (exact) mass is 451 g/mol. The average Bonchev–Trinajstić information content (AvgIpc) is 2.81. The molecule has 9 nitrogen and oxygen atoms in total. The van der Waals surface area contributed by atoms with Gasteiger partial charge in [-0.3, -0.25) is 15.0 Å². The number of halogens is 1. The summed E-state index contributed by atoms with van der Waals surface area (Å²) in [6, 6.07) is 19.0. The van der Waals surface area contributed by atoms with Gasteiger partial charge in [-0.15, -0.1) is 0 Å². The molecule has 0 unspecified atom stereocenters. The van der Waals surface area contributed by atoms with Gasteiger partial charge in [0.2, 0.25) is 0 Å². The van der Waals surface area contributed by atoms with Crippen LogP contribution >= 0.6 is 0 Å². The number of benzene rings is 3. The predicted octanol–water partition coefficient (Wildman–Crippen LogP) is 4.98. The van der Waals surface area contributed by atoms with E-state index in [2.05, 4.69) is 16.0 Å². The summed E-state index contributed by atoms with van der Waals surface area (Å²) in [6.45, 7) is 0.525. The van der Waals surface area contributed by atoms with Crippen LogP contribution in [0.5, 0.6) is 0 Å². The number of nitrogens with one attached hydrogen (secondary N) is 3. The highest BCUT2D eigenvalue weighted by atomic mass is 19.1. The molecule has 170 valence electrons. The molecule has 0 saturated heterocycles. The molecule has 0 saturated carbocycles. The van der Waals surface area contributed by atoms with Gasteiger partial charge in [-0.25, -0.2) is 14.0 Å². The van der Waals surface area contributed by atoms with Crippen molar-refractivity contribution in [3.63, 3.8) is 0 Å². The number of non-ortho nitro benzene ring substituents is 1. The Morgan fingerprint density at radius 3 is 2.15 bits per heavy atom. The highest BCUT2D eigenvalue weighted by Crippen LogP contribution is 2.19. The SMILES string of the molecule is O=C(NCCCN(C(=O)Nc1ccc([N+](=O)[O-])cc1)c1ccc(F)cc1)Nc1ccccc1. The van der Waals surface area contributed by atoms with Gasteiger partial charge >= 0.3 is 12.1 Å². The Kier molecular flexibility index (Phi) is 7.90. The minimum Gasteiger partial charge on any atom is -0.338 e. The molecule has 4 amide bonds. The third-order valence-corrected chi connectivity index (χ3v) is 4.59. The molecule has 0 aliphatic rings. The van der Waals surface area contributed by atoms with E-state index in [1.54, 1.807) is 24.3 Å². The molecule has 3 N–H and O–H groups in total. The van der Waals surface area contributed by atoms with Crippen LogP contribution in [-0.4, -0.2) is 30.1 Å². The summed E-state index contributed by atoms with van der Waals surface area (Å²) in [5.74, 6) is -0.436. The Bertz CT molecular complexity index is 1090. The molecule has 3 aromatic carbocycles. The number of urea groups is 2. The van der Waals surface area contributed by atoms with Crippen LogP contribution in [0, 0.1) is 15.9 Å². The number of nitro groups is 1. The molecule has 0 radical (unpaired) electrons. The van der Waals surface area contributed by atoms with Crippen molar-refractivity contribution in [1.82, 2.24) is 5.32 Å². The number of para-hydroxylation sites is 1. The van der Waals surface area contributed by atoms with Crippen LogP contribution < -0.4 is 20.9 Å². The van der Waals surface area contributed by atoms with Crippen molar-refractivity contribution >= 4 is 34.8 Å². The van der Waals surface area contributed by atoms with Crippen LogP contribution in [0.15, 0.2) is 78.9 Å². The van der Waals surface area contributed by atoms with Gasteiger partial charge in [0, 0.05) is 42.3 Å². The minimum atomic E-state index is -0.530. The topological polar surface area (TPSA) is 117 Å². The second-order valence-electron chi connectivity index (χ2n) is 6.96. The average molecular weight is 451 g/mol. The number of anilines is 3. The fourth-order valence-electron chi connectivity index (χ4n) is 2.96. The summed E-state index contributed by atoms with van der Waals surface area (Å²) in [6.07, 6.45) is 0.424. The van der Waals surface area contributed by atoms with Crippen LogP contribution in [0.25, 0.3) is 0 Å². The molecule has 0 spiro atoms.